The summed E-state index contributed by atoms with van der Waals surface area (Å²) in [5, 5.41) is 14.6. The monoisotopic (exact) mass is 946 g/mol. The van der Waals surface area contributed by atoms with Crippen LogP contribution in [0.2, 0.25) is 0 Å². The van der Waals surface area contributed by atoms with Crippen molar-refractivity contribution < 1.29 is 32.7 Å². The molecule has 1 aliphatic heterocycles. The molecule has 3 amide bonds. The number of anilines is 2. The molecule has 4 N–H and O–H groups in total. The average molecular weight is 947 g/mol. The number of aromatic amines is 2. The third-order valence-corrected chi connectivity index (χ3v) is 13.0. The second-order valence-corrected chi connectivity index (χ2v) is 17.8. The van der Waals surface area contributed by atoms with Crippen LogP contribution in [0, 0.1) is 18.7 Å². The number of carbonyl (C=O) groups excluding carboxylic acids is 3. The summed E-state index contributed by atoms with van der Waals surface area (Å²) in [6.07, 6.45) is 8.53. The van der Waals surface area contributed by atoms with Crippen LogP contribution in [0.25, 0.3) is 44.0 Å². The number of oxazole rings is 1. The molecule has 2 saturated carbocycles. The van der Waals surface area contributed by atoms with Crippen molar-refractivity contribution in [2.24, 2.45) is 5.92 Å². The van der Waals surface area contributed by atoms with E-state index in [2.05, 4.69) is 30.8 Å². The standard InChI is InChI=1S/C28H28N6O4.C24H23FN4O3/c1-15-31-21-10-8-16(12-23(21)37-15)19-14-30-25-24(19)27(38-18-6-4-5-7-18)34-28(33-25)32-20-11-9-17(26(35)29-2)13-22(20)36-3;25-20-8-5-15(14-21-17-3-1-2-4-18(17)22(30)27-26-21)13-19(20)24(32)29-11-9-28(10-12-29)23(31)16-6-7-16/h8-14,18H,4-7H2,1-3H3,(H,29,35)(H2,30,32,33,34);1-5,8,13,16H,6-7,9-12,14H2,(H,27,30). The van der Waals surface area contributed by atoms with Crippen molar-refractivity contribution in [3.8, 4) is 22.8 Å². The van der Waals surface area contributed by atoms with Gasteiger partial charge in [0.2, 0.25) is 17.7 Å². The van der Waals surface area contributed by atoms with Crippen molar-refractivity contribution in [2.45, 2.75) is 58.0 Å². The Morgan fingerprint density at radius 2 is 1.66 bits per heavy atom. The van der Waals surface area contributed by atoms with E-state index in [9.17, 15) is 23.6 Å². The fourth-order valence-electron chi connectivity index (χ4n) is 9.18. The molecule has 3 fully saturated rings. The molecule has 0 atom stereocenters. The Labute approximate surface area is 400 Å². The number of nitrogens with one attached hydrogen (secondary N) is 4. The average Bonchev–Trinajstić information content (AvgIpc) is 3.72. The van der Waals surface area contributed by atoms with Gasteiger partial charge in [0.15, 0.2) is 11.5 Å². The summed E-state index contributed by atoms with van der Waals surface area (Å²) in [5.74, 6) is 1.17. The smallest absolute Gasteiger partial charge is 0.272 e. The fraction of sp³-hybridized carbons (Fsp3) is 0.308. The first-order valence-corrected chi connectivity index (χ1v) is 23.5. The number of piperazine rings is 1. The number of aromatic nitrogens is 6. The van der Waals surface area contributed by atoms with E-state index in [-0.39, 0.29) is 40.9 Å². The molecule has 1 saturated heterocycles. The molecule has 11 rings (SSSR count). The van der Waals surface area contributed by atoms with Crippen molar-refractivity contribution in [1.82, 2.24) is 45.2 Å². The lowest BCUT2D eigenvalue weighted by molar-refractivity contribution is -0.134. The van der Waals surface area contributed by atoms with E-state index in [1.54, 1.807) is 66.4 Å². The number of rotatable bonds is 11. The van der Waals surface area contributed by atoms with Crippen molar-refractivity contribution in [3.63, 3.8) is 0 Å². The lowest BCUT2D eigenvalue weighted by Gasteiger charge is -2.35. The summed E-state index contributed by atoms with van der Waals surface area (Å²) in [6.45, 7) is 3.59. The van der Waals surface area contributed by atoms with E-state index in [1.165, 1.54) is 6.07 Å². The Balaban J connectivity index is 0.000000165. The molecule has 8 aromatic rings. The summed E-state index contributed by atoms with van der Waals surface area (Å²) in [6, 6.07) is 22.7. The highest BCUT2D eigenvalue weighted by Crippen LogP contribution is 2.39. The number of aryl methyl sites for hydroxylation is 1. The number of hydrogen-bond acceptors (Lipinski definition) is 12. The molecule has 0 unspecified atom stereocenters. The number of carbonyl (C=O) groups is 3. The Kier molecular flexibility index (Phi) is 12.7. The summed E-state index contributed by atoms with van der Waals surface area (Å²) in [7, 11) is 3.14. The van der Waals surface area contributed by atoms with E-state index in [0.717, 1.165) is 77.1 Å². The van der Waals surface area contributed by atoms with Crippen LogP contribution >= 0.6 is 0 Å². The molecular weight excluding hydrogens is 896 g/mol. The summed E-state index contributed by atoms with van der Waals surface area (Å²) >= 11 is 0. The number of methoxy groups -OCH3 is 1. The molecule has 2 aliphatic carbocycles. The SMILES string of the molecule is CNC(=O)c1ccc(Nc2nc(OC3CCCC3)c3c(-c4ccc5nc(C)oc5c4)c[nH]c3n2)c(OC)c1.O=C(c1cc(Cc2n[nH]c(=O)c3ccccc23)ccc1F)N1CCN(C(=O)C2CC2)CC1. The molecule has 358 valence electrons. The van der Waals surface area contributed by atoms with Gasteiger partial charge in [0.25, 0.3) is 17.4 Å². The van der Waals surface area contributed by atoms with E-state index >= 15 is 0 Å². The number of fused-ring (bicyclic) bond motifs is 3. The molecule has 18 heteroatoms. The van der Waals surface area contributed by atoms with Crippen LogP contribution in [0.15, 0.2) is 94.3 Å². The highest BCUT2D eigenvalue weighted by atomic mass is 19.1. The van der Waals surface area contributed by atoms with Crippen molar-refractivity contribution in [1.29, 1.82) is 0 Å². The summed E-state index contributed by atoms with van der Waals surface area (Å²) < 4.78 is 32.3. The number of H-pyrrole nitrogens is 2. The minimum absolute atomic E-state index is 0.0122. The number of ether oxygens (including phenoxy) is 2. The molecular formula is C52H51FN10O7. The van der Waals surface area contributed by atoms with Crippen molar-refractivity contribution in [3.05, 3.63) is 130 Å². The quantitative estimate of drug-likeness (QED) is 0.0976. The maximum atomic E-state index is 14.6. The minimum atomic E-state index is -0.575. The maximum absolute atomic E-state index is 14.6. The second kappa shape index (κ2) is 19.5. The Hall–Kier alpha value is -8.15. The first-order chi connectivity index (χ1) is 34.0. The number of nitrogens with zero attached hydrogens (tertiary/aromatic N) is 6. The van der Waals surface area contributed by atoms with Gasteiger partial charge in [0, 0.05) is 75.2 Å². The summed E-state index contributed by atoms with van der Waals surface area (Å²) in [4.78, 5) is 70.0. The molecule has 0 radical (unpaired) electrons. The predicted octanol–water partition coefficient (Wildman–Crippen LogP) is 7.86. The molecule has 17 nitrogen and oxygen atoms in total. The first-order valence-electron chi connectivity index (χ1n) is 23.5. The van der Waals surface area contributed by atoms with Gasteiger partial charge < -0.3 is 39.3 Å². The topological polar surface area (TPSA) is 214 Å². The van der Waals surface area contributed by atoms with Gasteiger partial charge in [-0.1, -0.05) is 30.3 Å². The Morgan fingerprint density at radius 1 is 0.886 bits per heavy atom. The second-order valence-electron chi connectivity index (χ2n) is 17.8. The number of hydrogen-bond donors (Lipinski definition) is 4. The third kappa shape index (κ3) is 9.48. The van der Waals surface area contributed by atoms with Gasteiger partial charge in [-0.05, 0) is 98.2 Å². The van der Waals surface area contributed by atoms with Crippen LogP contribution in [0.3, 0.4) is 0 Å². The molecule has 4 aromatic heterocycles. The lowest BCUT2D eigenvalue weighted by Crippen LogP contribution is -2.51. The van der Waals surface area contributed by atoms with Crippen LogP contribution in [-0.4, -0.2) is 104 Å². The molecule has 0 spiro atoms. The first kappa shape index (κ1) is 45.6. The number of amides is 3. The predicted molar refractivity (Wildman–Crippen MR) is 261 cm³/mol. The highest BCUT2D eigenvalue weighted by Gasteiger charge is 2.35. The Bertz CT molecular complexity index is 3350. The van der Waals surface area contributed by atoms with Gasteiger partial charge in [0.1, 0.15) is 28.8 Å². The third-order valence-electron chi connectivity index (χ3n) is 13.0. The largest absolute Gasteiger partial charge is 0.495 e. The zero-order valence-electron chi connectivity index (χ0n) is 38.9. The van der Waals surface area contributed by atoms with Gasteiger partial charge in [-0.25, -0.2) is 14.5 Å². The van der Waals surface area contributed by atoms with E-state index in [4.69, 9.17) is 23.9 Å². The van der Waals surface area contributed by atoms with E-state index in [0.29, 0.717) is 84.0 Å². The molecule has 5 heterocycles. The van der Waals surface area contributed by atoms with Gasteiger partial charge in [-0.2, -0.15) is 15.1 Å². The zero-order valence-corrected chi connectivity index (χ0v) is 38.9. The number of benzene rings is 4. The lowest BCUT2D eigenvalue weighted by atomic mass is 10.0. The van der Waals surface area contributed by atoms with Crippen LogP contribution in [0.1, 0.15) is 76.4 Å². The fourth-order valence-corrected chi connectivity index (χ4v) is 9.18. The summed E-state index contributed by atoms with van der Waals surface area (Å²) in [5.41, 5.74) is 6.28. The van der Waals surface area contributed by atoms with Crippen LogP contribution < -0.4 is 25.7 Å². The van der Waals surface area contributed by atoms with Gasteiger partial charge in [-0.3, -0.25) is 19.2 Å². The van der Waals surface area contributed by atoms with Crippen molar-refractivity contribution >= 4 is 62.3 Å². The van der Waals surface area contributed by atoms with Crippen LogP contribution in [-0.2, 0) is 11.2 Å². The Morgan fingerprint density at radius 3 is 2.41 bits per heavy atom. The minimum Gasteiger partial charge on any atom is -0.495 e. The van der Waals surface area contributed by atoms with Crippen molar-refractivity contribution in [2.75, 3.05) is 45.7 Å². The molecule has 70 heavy (non-hydrogen) atoms. The molecule has 0 bridgehead atoms. The van der Waals surface area contributed by atoms with Gasteiger partial charge in [0.05, 0.1) is 34.8 Å². The van der Waals surface area contributed by atoms with E-state index in [1.807, 2.05) is 43.5 Å². The number of halogens is 1. The molecule has 4 aromatic carbocycles. The van der Waals surface area contributed by atoms with Crippen LogP contribution in [0.4, 0.5) is 16.0 Å². The van der Waals surface area contributed by atoms with Gasteiger partial charge in [-0.15, -0.1) is 0 Å². The normalized spacial score (nSPS) is 15.0. The highest BCUT2D eigenvalue weighted by molar-refractivity contribution is 6.00. The van der Waals surface area contributed by atoms with E-state index < -0.39 is 5.82 Å². The van der Waals surface area contributed by atoms with Crippen LogP contribution in [0.5, 0.6) is 11.6 Å². The zero-order chi connectivity index (χ0) is 48.5. The van der Waals surface area contributed by atoms with Gasteiger partial charge >= 0.3 is 0 Å². The molecule has 3 aliphatic rings. The maximum Gasteiger partial charge on any atom is 0.272 e.